The molecule has 0 amide bonds. The Morgan fingerprint density at radius 2 is 2.20 bits per heavy atom. The van der Waals surface area contributed by atoms with Crippen LogP contribution in [-0.2, 0) is 0 Å². The molecule has 3 nitrogen and oxygen atoms in total. The van der Waals surface area contributed by atoms with Crippen LogP contribution >= 0.6 is 0 Å². The second-order valence-corrected chi connectivity index (χ2v) is 2.63. The second-order valence-electron chi connectivity index (χ2n) is 2.63. The molecule has 0 aromatic carbocycles. The van der Waals surface area contributed by atoms with Crippen molar-refractivity contribution in [1.29, 1.82) is 0 Å². The summed E-state index contributed by atoms with van der Waals surface area (Å²) in [6.07, 6.45) is 1.22. The minimum Gasteiger partial charge on any atom is -0.392 e. The van der Waals surface area contributed by atoms with Crippen molar-refractivity contribution in [2.45, 2.75) is 24.7 Å². The molecule has 0 saturated carbocycles. The topological polar surface area (TPSA) is 52.5 Å². The first-order valence-corrected chi connectivity index (χ1v) is 3.46. The molecule has 10 heavy (non-hydrogen) atoms. The number of hydrogen-bond donors (Lipinski definition) is 3. The van der Waals surface area contributed by atoms with Gasteiger partial charge in [0.2, 0.25) is 0 Å². The van der Waals surface area contributed by atoms with Gasteiger partial charge in [0.1, 0.15) is 0 Å². The van der Waals surface area contributed by atoms with Gasteiger partial charge in [0, 0.05) is 13.0 Å². The summed E-state index contributed by atoms with van der Waals surface area (Å²) in [7, 11) is 0. The molecule has 3 atom stereocenters. The monoisotopic (exact) mass is 143 g/mol. The van der Waals surface area contributed by atoms with E-state index in [0.717, 1.165) is 0 Å². The van der Waals surface area contributed by atoms with Crippen LogP contribution in [0, 0.1) is 0 Å². The van der Waals surface area contributed by atoms with Gasteiger partial charge in [-0.2, -0.15) is 0 Å². The Balaban J connectivity index is 2.43. The Morgan fingerprint density at radius 3 is 2.70 bits per heavy atom. The summed E-state index contributed by atoms with van der Waals surface area (Å²) in [5.74, 6) is 0. The van der Waals surface area contributed by atoms with Gasteiger partial charge in [-0.15, -0.1) is 6.58 Å². The highest BCUT2D eigenvalue weighted by molar-refractivity contribution is 4.95. The Bertz CT molecular complexity index is 127. The quantitative estimate of drug-likeness (QED) is 0.424. The third-order valence-corrected chi connectivity index (χ3v) is 1.77. The molecule has 1 aliphatic rings. The summed E-state index contributed by atoms with van der Waals surface area (Å²) in [6, 6.07) is -0.0524. The largest absolute Gasteiger partial charge is 0.392 e. The average Bonchev–Trinajstić information content (AvgIpc) is 1.88. The highest BCUT2D eigenvalue weighted by Crippen LogP contribution is 2.09. The highest BCUT2D eigenvalue weighted by Gasteiger charge is 2.24. The zero-order valence-corrected chi connectivity index (χ0v) is 5.83. The van der Waals surface area contributed by atoms with Gasteiger partial charge in [-0.05, 0) is 0 Å². The molecule has 0 radical (unpaired) electrons. The average molecular weight is 143 g/mol. The van der Waals surface area contributed by atoms with Crippen molar-refractivity contribution in [2.75, 3.05) is 6.54 Å². The van der Waals surface area contributed by atoms with Crippen LogP contribution in [0.2, 0.25) is 0 Å². The number of hydrogen-bond acceptors (Lipinski definition) is 3. The van der Waals surface area contributed by atoms with Gasteiger partial charge in [-0.1, -0.05) is 6.08 Å². The lowest BCUT2D eigenvalue weighted by Crippen LogP contribution is -2.49. The lowest BCUT2D eigenvalue weighted by molar-refractivity contribution is 0.0351. The molecule has 1 fully saturated rings. The van der Waals surface area contributed by atoms with Crippen LogP contribution in [0.15, 0.2) is 12.7 Å². The van der Waals surface area contributed by atoms with Crippen molar-refractivity contribution < 1.29 is 10.2 Å². The predicted molar refractivity (Wildman–Crippen MR) is 38.6 cm³/mol. The molecule has 0 spiro atoms. The zero-order chi connectivity index (χ0) is 7.56. The Hall–Kier alpha value is -0.380. The van der Waals surface area contributed by atoms with E-state index in [4.69, 9.17) is 5.11 Å². The van der Waals surface area contributed by atoms with E-state index in [1.54, 1.807) is 6.08 Å². The van der Waals surface area contributed by atoms with E-state index >= 15 is 0 Å². The van der Waals surface area contributed by atoms with Gasteiger partial charge in [-0.3, -0.25) is 0 Å². The van der Waals surface area contributed by atoms with Crippen LogP contribution in [0.5, 0.6) is 0 Å². The normalized spacial score (nSPS) is 41.2. The summed E-state index contributed by atoms with van der Waals surface area (Å²) in [5, 5.41) is 21.2. The first-order chi connectivity index (χ1) is 4.74. The van der Waals surface area contributed by atoms with E-state index in [9.17, 15) is 5.11 Å². The molecular formula is C7H13NO2. The van der Waals surface area contributed by atoms with Crippen LogP contribution in [-0.4, -0.2) is 35.0 Å². The molecule has 0 aliphatic carbocycles. The number of piperidine rings is 1. The van der Waals surface area contributed by atoms with Crippen molar-refractivity contribution >= 4 is 0 Å². The molecule has 0 aromatic rings. The standard InChI is InChI=1S/C7H13NO2/c1-2-6-7(10)3-5(9)4-8-6/h2,5-10H,1,3-4H2. The predicted octanol–water partition coefficient (Wildman–Crippen LogP) is -0.744. The van der Waals surface area contributed by atoms with E-state index in [1.807, 2.05) is 0 Å². The van der Waals surface area contributed by atoms with Crippen molar-refractivity contribution in [1.82, 2.24) is 5.32 Å². The number of nitrogens with one attached hydrogen (secondary N) is 1. The maximum absolute atomic E-state index is 9.25. The van der Waals surface area contributed by atoms with Crippen LogP contribution in [0.3, 0.4) is 0 Å². The van der Waals surface area contributed by atoms with Crippen LogP contribution in [0.4, 0.5) is 0 Å². The van der Waals surface area contributed by atoms with E-state index in [1.165, 1.54) is 0 Å². The summed E-state index contributed by atoms with van der Waals surface area (Å²) in [5.41, 5.74) is 0. The second kappa shape index (κ2) is 3.14. The molecule has 58 valence electrons. The fraction of sp³-hybridized carbons (Fsp3) is 0.714. The van der Waals surface area contributed by atoms with E-state index in [0.29, 0.717) is 13.0 Å². The van der Waals surface area contributed by atoms with E-state index in [2.05, 4.69) is 11.9 Å². The maximum atomic E-state index is 9.25. The summed E-state index contributed by atoms with van der Waals surface area (Å²) < 4.78 is 0. The molecule has 3 N–H and O–H groups in total. The van der Waals surface area contributed by atoms with Crippen LogP contribution in [0.25, 0.3) is 0 Å². The molecule has 0 aromatic heterocycles. The van der Waals surface area contributed by atoms with E-state index < -0.39 is 12.2 Å². The van der Waals surface area contributed by atoms with Gasteiger partial charge in [0.25, 0.3) is 0 Å². The van der Waals surface area contributed by atoms with E-state index in [-0.39, 0.29) is 6.04 Å². The fourth-order valence-electron chi connectivity index (χ4n) is 1.16. The van der Waals surface area contributed by atoms with Crippen molar-refractivity contribution in [3.05, 3.63) is 12.7 Å². The van der Waals surface area contributed by atoms with Gasteiger partial charge in [0.15, 0.2) is 0 Å². The first-order valence-electron chi connectivity index (χ1n) is 3.46. The zero-order valence-electron chi connectivity index (χ0n) is 5.83. The van der Waals surface area contributed by atoms with Gasteiger partial charge >= 0.3 is 0 Å². The van der Waals surface area contributed by atoms with Crippen LogP contribution < -0.4 is 5.32 Å². The molecular weight excluding hydrogens is 130 g/mol. The lowest BCUT2D eigenvalue weighted by atomic mass is 10.00. The maximum Gasteiger partial charge on any atom is 0.0754 e. The molecule has 1 saturated heterocycles. The number of aliphatic hydroxyl groups excluding tert-OH is 2. The smallest absolute Gasteiger partial charge is 0.0754 e. The highest BCUT2D eigenvalue weighted by atomic mass is 16.3. The third kappa shape index (κ3) is 1.56. The SMILES string of the molecule is C=CC1NCC(O)CC1O. The Morgan fingerprint density at radius 1 is 1.50 bits per heavy atom. The van der Waals surface area contributed by atoms with Crippen molar-refractivity contribution in [2.24, 2.45) is 0 Å². The summed E-state index contributed by atoms with van der Waals surface area (Å²) in [6.45, 7) is 4.11. The molecule has 3 heteroatoms. The van der Waals surface area contributed by atoms with Gasteiger partial charge < -0.3 is 15.5 Å². The number of β-amino-alcohol motifs (C(OH)–C–C–N with tert-alkyl or cyclic N) is 1. The Labute approximate surface area is 60.4 Å². The number of rotatable bonds is 1. The molecule has 1 rings (SSSR count). The lowest BCUT2D eigenvalue weighted by Gasteiger charge is -2.29. The third-order valence-electron chi connectivity index (χ3n) is 1.77. The minimum atomic E-state index is -0.485. The van der Waals surface area contributed by atoms with Gasteiger partial charge in [-0.25, -0.2) is 0 Å². The fourth-order valence-corrected chi connectivity index (χ4v) is 1.16. The van der Waals surface area contributed by atoms with Crippen molar-refractivity contribution in [3.63, 3.8) is 0 Å². The minimum absolute atomic E-state index is 0.0524. The Kier molecular flexibility index (Phi) is 2.43. The first kappa shape index (κ1) is 7.72. The van der Waals surface area contributed by atoms with Crippen LogP contribution in [0.1, 0.15) is 6.42 Å². The molecule has 3 unspecified atom stereocenters. The van der Waals surface area contributed by atoms with Crippen molar-refractivity contribution in [3.8, 4) is 0 Å². The molecule has 1 aliphatic heterocycles. The summed E-state index contributed by atoms with van der Waals surface area (Å²) in [4.78, 5) is 0. The molecule has 1 heterocycles. The molecule has 0 bridgehead atoms. The van der Waals surface area contributed by atoms with Gasteiger partial charge in [0.05, 0.1) is 18.2 Å². The number of aliphatic hydroxyl groups is 2. The summed E-state index contributed by atoms with van der Waals surface area (Å²) >= 11 is 0.